The minimum atomic E-state index is -3.84. The van der Waals surface area contributed by atoms with Crippen molar-refractivity contribution in [3.8, 4) is 11.3 Å². The SMILES string of the molecule is Cc1ccc(-c2csc(SCC(=O)Nc3ccc(C)c(S(N)(=O)=O)c3)n2)cc1. The standard InChI is InChI=1S/C19H19N3O3S3/c1-12-3-6-14(7-4-12)16-10-26-19(22-16)27-11-18(23)21-15-8-5-13(2)17(9-15)28(20,24)25/h3-10H,11H2,1-2H3,(H,21,23)(H2,20,24,25). The van der Waals surface area contributed by atoms with Crippen LogP contribution in [0.5, 0.6) is 0 Å². The van der Waals surface area contributed by atoms with Gasteiger partial charge in [-0.25, -0.2) is 18.5 Å². The first-order valence-corrected chi connectivity index (χ1v) is 11.7. The number of anilines is 1. The number of amides is 1. The highest BCUT2D eigenvalue weighted by atomic mass is 32.2. The Bertz CT molecular complexity index is 1110. The Hall–Kier alpha value is -2.20. The van der Waals surface area contributed by atoms with Crippen LogP contribution in [0, 0.1) is 13.8 Å². The van der Waals surface area contributed by atoms with E-state index in [1.165, 1.54) is 34.7 Å². The van der Waals surface area contributed by atoms with Crippen LogP contribution in [0.4, 0.5) is 5.69 Å². The fraction of sp³-hybridized carbons (Fsp3) is 0.158. The van der Waals surface area contributed by atoms with Gasteiger partial charge < -0.3 is 5.32 Å². The van der Waals surface area contributed by atoms with Crippen molar-refractivity contribution in [1.29, 1.82) is 0 Å². The second-order valence-corrected chi connectivity index (χ2v) is 9.84. The van der Waals surface area contributed by atoms with Crippen molar-refractivity contribution in [1.82, 2.24) is 4.98 Å². The van der Waals surface area contributed by atoms with Gasteiger partial charge in [-0.2, -0.15) is 0 Å². The Labute approximate surface area is 172 Å². The summed E-state index contributed by atoms with van der Waals surface area (Å²) in [6.07, 6.45) is 0. The van der Waals surface area contributed by atoms with Crippen molar-refractivity contribution in [2.75, 3.05) is 11.1 Å². The fourth-order valence-corrected chi connectivity index (χ4v) is 4.93. The second-order valence-electron chi connectivity index (χ2n) is 6.23. The highest BCUT2D eigenvalue weighted by molar-refractivity contribution is 8.01. The Morgan fingerprint density at radius 3 is 2.57 bits per heavy atom. The Morgan fingerprint density at radius 1 is 1.18 bits per heavy atom. The lowest BCUT2D eigenvalue weighted by atomic mass is 10.1. The van der Waals surface area contributed by atoms with Gasteiger partial charge in [0.05, 0.1) is 16.3 Å². The number of carbonyl (C=O) groups is 1. The van der Waals surface area contributed by atoms with Gasteiger partial charge >= 0.3 is 0 Å². The number of thiazole rings is 1. The number of aromatic nitrogens is 1. The summed E-state index contributed by atoms with van der Waals surface area (Å²) in [5, 5.41) is 9.85. The molecule has 146 valence electrons. The van der Waals surface area contributed by atoms with Gasteiger partial charge in [-0.3, -0.25) is 4.79 Å². The predicted octanol–water partition coefficient (Wildman–Crippen LogP) is 3.81. The molecule has 6 nitrogen and oxygen atoms in total. The van der Waals surface area contributed by atoms with Crippen LogP contribution >= 0.6 is 23.1 Å². The van der Waals surface area contributed by atoms with Gasteiger partial charge in [-0.15, -0.1) is 11.3 Å². The van der Waals surface area contributed by atoms with E-state index in [1.807, 2.05) is 36.6 Å². The average molecular weight is 434 g/mol. The zero-order valence-electron chi connectivity index (χ0n) is 15.3. The molecule has 9 heteroatoms. The minimum Gasteiger partial charge on any atom is -0.325 e. The van der Waals surface area contributed by atoms with Crippen LogP contribution in [0.2, 0.25) is 0 Å². The number of nitrogens with two attached hydrogens (primary N) is 1. The molecule has 1 aromatic heterocycles. The van der Waals surface area contributed by atoms with E-state index in [9.17, 15) is 13.2 Å². The summed E-state index contributed by atoms with van der Waals surface area (Å²) in [6, 6.07) is 12.7. The van der Waals surface area contributed by atoms with Crippen LogP contribution in [-0.2, 0) is 14.8 Å². The Balaban J connectivity index is 1.62. The summed E-state index contributed by atoms with van der Waals surface area (Å²) < 4.78 is 24.0. The molecule has 0 radical (unpaired) electrons. The normalized spacial score (nSPS) is 11.4. The summed E-state index contributed by atoms with van der Waals surface area (Å²) in [6.45, 7) is 3.68. The monoisotopic (exact) mass is 433 g/mol. The lowest BCUT2D eigenvalue weighted by Crippen LogP contribution is -2.17. The van der Waals surface area contributed by atoms with Gasteiger partial charge in [0.25, 0.3) is 0 Å². The van der Waals surface area contributed by atoms with E-state index in [2.05, 4.69) is 10.3 Å². The molecule has 0 saturated carbocycles. The molecule has 28 heavy (non-hydrogen) atoms. The zero-order valence-corrected chi connectivity index (χ0v) is 17.7. The second kappa shape index (κ2) is 8.44. The maximum atomic E-state index is 12.2. The van der Waals surface area contributed by atoms with Crippen molar-refractivity contribution in [2.24, 2.45) is 5.14 Å². The van der Waals surface area contributed by atoms with Crippen LogP contribution in [0.1, 0.15) is 11.1 Å². The molecule has 3 rings (SSSR count). The van der Waals surface area contributed by atoms with Crippen LogP contribution in [0.15, 0.2) is 57.1 Å². The summed E-state index contributed by atoms with van der Waals surface area (Å²) >= 11 is 2.81. The first-order valence-electron chi connectivity index (χ1n) is 8.31. The van der Waals surface area contributed by atoms with Crippen molar-refractivity contribution in [3.05, 3.63) is 59.0 Å². The topological polar surface area (TPSA) is 102 Å². The lowest BCUT2D eigenvalue weighted by Gasteiger charge is -2.08. The Kier molecular flexibility index (Phi) is 6.19. The van der Waals surface area contributed by atoms with E-state index in [0.717, 1.165) is 15.6 Å². The number of sulfonamides is 1. The van der Waals surface area contributed by atoms with Crippen LogP contribution in [0.25, 0.3) is 11.3 Å². The van der Waals surface area contributed by atoms with Crippen LogP contribution in [-0.4, -0.2) is 25.1 Å². The summed E-state index contributed by atoms with van der Waals surface area (Å²) in [5.74, 6) is -0.0827. The molecule has 0 spiro atoms. The molecule has 0 saturated heterocycles. The molecule has 3 N–H and O–H groups in total. The van der Waals surface area contributed by atoms with E-state index in [-0.39, 0.29) is 16.6 Å². The molecule has 0 aliphatic rings. The van der Waals surface area contributed by atoms with Gasteiger partial charge in [0.2, 0.25) is 15.9 Å². The highest BCUT2D eigenvalue weighted by Crippen LogP contribution is 2.28. The maximum absolute atomic E-state index is 12.2. The molecule has 3 aromatic rings. The van der Waals surface area contributed by atoms with Crippen molar-refractivity contribution in [2.45, 2.75) is 23.1 Å². The van der Waals surface area contributed by atoms with Gasteiger partial charge in [0, 0.05) is 16.6 Å². The van der Waals surface area contributed by atoms with Crippen molar-refractivity contribution < 1.29 is 13.2 Å². The highest BCUT2D eigenvalue weighted by Gasteiger charge is 2.14. The van der Waals surface area contributed by atoms with Crippen LogP contribution < -0.4 is 10.5 Å². The number of nitrogens with one attached hydrogen (secondary N) is 1. The first-order chi connectivity index (χ1) is 13.2. The number of nitrogens with zero attached hydrogens (tertiary/aromatic N) is 1. The molecule has 0 atom stereocenters. The third-order valence-corrected chi connectivity index (χ3v) is 7.01. The number of benzene rings is 2. The average Bonchev–Trinajstić information content (AvgIpc) is 3.10. The van der Waals surface area contributed by atoms with Gasteiger partial charge in [-0.05, 0) is 31.5 Å². The molecule has 0 fully saturated rings. The largest absolute Gasteiger partial charge is 0.325 e. The summed E-state index contributed by atoms with van der Waals surface area (Å²) in [5.41, 5.74) is 4.02. The first kappa shape index (κ1) is 20.5. The van der Waals surface area contributed by atoms with Crippen molar-refractivity contribution >= 4 is 44.7 Å². The number of thioether (sulfide) groups is 1. The molecule has 0 bridgehead atoms. The summed E-state index contributed by atoms with van der Waals surface area (Å²) in [7, 11) is -3.84. The van der Waals surface area contributed by atoms with E-state index in [0.29, 0.717) is 11.3 Å². The molecular weight excluding hydrogens is 414 g/mol. The van der Waals surface area contributed by atoms with Gasteiger partial charge in [0.15, 0.2) is 4.34 Å². The van der Waals surface area contributed by atoms with Gasteiger partial charge in [0.1, 0.15) is 0 Å². The fourth-order valence-electron chi connectivity index (χ4n) is 2.49. The van der Waals surface area contributed by atoms with E-state index >= 15 is 0 Å². The molecule has 0 aliphatic heterocycles. The van der Waals surface area contributed by atoms with Crippen molar-refractivity contribution in [3.63, 3.8) is 0 Å². The predicted molar refractivity (Wildman–Crippen MR) is 114 cm³/mol. The third kappa shape index (κ3) is 5.20. The molecule has 0 unspecified atom stereocenters. The number of primary sulfonamides is 1. The zero-order chi connectivity index (χ0) is 20.3. The number of hydrogen-bond donors (Lipinski definition) is 2. The number of aryl methyl sites for hydroxylation is 2. The third-order valence-electron chi connectivity index (χ3n) is 3.94. The number of hydrogen-bond acceptors (Lipinski definition) is 6. The van der Waals surface area contributed by atoms with Crippen LogP contribution in [0.3, 0.4) is 0 Å². The minimum absolute atomic E-state index is 0.000571. The molecule has 2 aromatic carbocycles. The summed E-state index contributed by atoms with van der Waals surface area (Å²) in [4.78, 5) is 16.8. The molecule has 1 amide bonds. The van der Waals surface area contributed by atoms with E-state index < -0.39 is 10.0 Å². The maximum Gasteiger partial charge on any atom is 0.238 e. The van der Waals surface area contributed by atoms with E-state index in [1.54, 1.807) is 19.1 Å². The smallest absolute Gasteiger partial charge is 0.238 e. The lowest BCUT2D eigenvalue weighted by molar-refractivity contribution is -0.113. The molecule has 0 aliphatic carbocycles. The Morgan fingerprint density at radius 2 is 1.89 bits per heavy atom. The number of carbonyl (C=O) groups excluding carboxylic acids is 1. The molecular formula is C19H19N3O3S3. The van der Waals surface area contributed by atoms with Gasteiger partial charge in [-0.1, -0.05) is 47.7 Å². The van der Waals surface area contributed by atoms with E-state index in [4.69, 9.17) is 5.14 Å². The quantitative estimate of drug-likeness (QED) is 0.576. The molecule has 1 heterocycles. The number of rotatable bonds is 6.